The number of hydrogen-bond acceptors (Lipinski definition) is 6. The number of carbonyl (C=O) groups excluding carboxylic acids is 2. The number of likely N-dealkylation sites (tertiary alicyclic amines) is 1. The summed E-state index contributed by atoms with van der Waals surface area (Å²) >= 11 is 6.25. The summed E-state index contributed by atoms with van der Waals surface area (Å²) in [6.07, 6.45) is 5.83. The number of halogens is 1. The molecule has 1 atom stereocenters. The molecule has 8 nitrogen and oxygen atoms in total. The molecule has 1 aliphatic rings. The first-order chi connectivity index (χ1) is 16.9. The summed E-state index contributed by atoms with van der Waals surface area (Å²) in [5, 5.41) is 11.5. The van der Waals surface area contributed by atoms with Crippen LogP contribution in [0.15, 0.2) is 66.8 Å². The van der Waals surface area contributed by atoms with Gasteiger partial charge in [0.15, 0.2) is 0 Å². The van der Waals surface area contributed by atoms with Crippen LogP contribution < -0.4 is 9.47 Å². The Morgan fingerprint density at radius 1 is 1.14 bits per heavy atom. The van der Waals surface area contributed by atoms with Gasteiger partial charge in [0.1, 0.15) is 17.3 Å². The van der Waals surface area contributed by atoms with E-state index in [0.717, 1.165) is 0 Å². The summed E-state index contributed by atoms with van der Waals surface area (Å²) in [7, 11) is 1.49. The average molecular weight is 496 g/mol. The van der Waals surface area contributed by atoms with Gasteiger partial charge in [-0.15, -0.1) is 0 Å². The summed E-state index contributed by atoms with van der Waals surface area (Å²) in [5.74, 6) is -0.572. The summed E-state index contributed by atoms with van der Waals surface area (Å²) < 4.78 is 12.6. The number of aryl methyl sites for hydroxylation is 1. The van der Waals surface area contributed by atoms with Crippen LogP contribution in [0.25, 0.3) is 5.76 Å². The molecule has 0 radical (unpaired) electrons. The maximum Gasteiger partial charge on any atom is 0.295 e. The molecule has 0 spiro atoms. The molecule has 0 saturated carbocycles. The smallest absolute Gasteiger partial charge is 0.295 e. The van der Waals surface area contributed by atoms with Crippen molar-refractivity contribution in [2.45, 2.75) is 25.9 Å². The van der Waals surface area contributed by atoms with E-state index >= 15 is 0 Å². The molecule has 1 fully saturated rings. The maximum atomic E-state index is 13.2. The largest absolute Gasteiger partial charge is 0.507 e. The van der Waals surface area contributed by atoms with Crippen molar-refractivity contribution >= 4 is 29.1 Å². The lowest BCUT2D eigenvalue weighted by Gasteiger charge is -2.25. The second-order valence-corrected chi connectivity index (χ2v) is 8.41. The van der Waals surface area contributed by atoms with Crippen LogP contribution in [-0.2, 0) is 16.1 Å². The first-order valence-corrected chi connectivity index (χ1v) is 11.6. The fraction of sp³-hybridized carbons (Fsp3) is 0.269. The van der Waals surface area contributed by atoms with Gasteiger partial charge >= 0.3 is 0 Å². The zero-order valence-corrected chi connectivity index (χ0v) is 20.2. The molecule has 1 aromatic heterocycles. The van der Waals surface area contributed by atoms with Crippen molar-refractivity contribution in [1.29, 1.82) is 0 Å². The molecule has 1 aliphatic heterocycles. The number of nitrogens with zero attached hydrogens (tertiary/aromatic N) is 3. The summed E-state index contributed by atoms with van der Waals surface area (Å²) in [6, 6.07) is 11.1. The molecule has 3 aromatic rings. The average Bonchev–Trinajstić information content (AvgIpc) is 3.46. The molecule has 2 heterocycles. The maximum absolute atomic E-state index is 13.2. The number of aliphatic hydroxyl groups excluding tert-OH is 1. The fourth-order valence-corrected chi connectivity index (χ4v) is 4.44. The van der Waals surface area contributed by atoms with E-state index in [0.29, 0.717) is 48.7 Å². The zero-order chi connectivity index (χ0) is 24.9. The van der Waals surface area contributed by atoms with Crippen LogP contribution in [0.5, 0.6) is 11.5 Å². The Kier molecular flexibility index (Phi) is 7.41. The molecule has 4 rings (SSSR count). The summed E-state index contributed by atoms with van der Waals surface area (Å²) in [5.41, 5.74) is 1.03. The second-order valence-electron chi connectivity index (χ2n) is 8.00. The molecule has 1 amide bonds. The number of ether oxygens (including phenoxy) is 2. The number of rotatable bonds is 9. The van der Waals surface area contributed by atoms with E-state index < -0.39 is 17.7 Å². The van der Waals surface area contributed by atoms with Crippen LogP contribution in [0.4, 0.5) is 0 Å². The van der Waals surface area contributed by atoms with Gasteiger partial charge in [-0.3, -0.25) is 9.59 Å². The molecule has 1 N–H and O–H groups in total. The molecule has 0 unspecified atom stereocenters. The van der Waals surface area contributed by atoms with Crippen molar-refractivity contribution in [2.24, 2.45) is 0 Å². The summed E-state index contributed by atoms with van der Waals surface area (Å²) in [4.78, 5) is 31.8. The van der Waals surface area contributed by atoms with E-state index in [2.05, 4.69) is 4.98 Å². The number of benzene rings is 2. The molecule has 2 aromatic carbocycles. The lowest BCUT2D eigenvalue weighted by Crippen LogP contribution is -2.31. The highest BCUT2D eigenvalue weighted by Crippen LogP contribution is 2.40. The van der Waals surface area contributed by atoms with Crippen molar-refractivity contribution in [2.75, 3.05) is 20.3 Å². The molecule has 0 aliphatic carbocycles. The van der Waals surface area contributed by atoms with Gasteiger partial charge in [-0.2, -0.15) is 0 Å². The molecular formula is C26H26ClN3O5. The predicted molar refractivity (Wildman–Crippen MR) is 131 cm³/mol. The normalized spacial score (nSPS) is 17.1. The van der Waals surface area contributed by atoms with E-state index in [9.17, 15) is 14.7 Å². The first-order valence-electron chi connectivity index (χ1n) is 11.3. The quantitative estimate of drug-likeness (QED) is 0.268. The number of ketones is 1. The SMILES string of the molecule is CCOc1ccc([C@@H]2/C(=C(\O)c3ccc(OC)c(Cl)c3)C(=O)C(=O)N2CCCn2ccnc2)cc1. The summed E-state index contributed by atoms with van der Waals surface area (Å²) in [6.45, 7) is 3.36. The van der Waals surface area contributed by atoms with E-state index in [1.54, 1.807) is 48.9 Å². The standard InChI is InChI=1S/C26H26ClN3O5/c1-3-35-19-8-5-17(6-9-19)23-22(24(31)18-7-10-21(34-2)20(27)15-18)25(32)26(33)30(23)13-4-12-29-14-11-28-16-29/h5-11,14-16,23,31H,3-4,12-13H2,1-2H3/b24-22+/t23-/m1/s1. The Bertz CT molecular complexity index is 1240. The topological polar surface area (TPSA) is 93.9 Å². The highest BCUT2D eigenvalue weighted by atomic mass is 35.5. The number of hydrogen-bond donors (Lipinski definition) is 1. The van der Waals surface area contributed by atoms with Crippen molar-refractivity contribution < 1.29 is 24.2 Å². The third kappa shape index (κ3) is 5.02. The molecule has 1 saturated heterocycles. The molecule has 9 heteroatoms. The minimum absolute atomic E-state index is 0.0167. The van der Waals surface area contributed by atoms with Crippen molar-refractivity contribution in [3.8, 4) is 11.5 Å². The van der Waals surface area contributed by atoms with Gasteiger partial charge in [-0.05, 0) is 49.2 Å². The third-order valence-electron chi connectivity index (χ3n) is 5.85. The highest BCUT2D eigenvalue weighted by Gasteiger charge is 2.45. The number of aromatic nitrogens is 2. The number of imidazole rings is 1. The highest BCUT2D eigenvalue weighted by molar-refractivity contribution is 6.46. The van der Waals surface area contributed by atoms with Crippen LogP contribution in [0.1, 0.15) is 30.5 Å². The Morgan fingerprint density at radius 2 is 1.91 bits per heavy atom. The zero-order valence-electron chi connectivity index (χ0n) is 19.5. The minimum Gasteiger partial charge on any atom is -0.507 e. The fourth-order valence-electron chi connectivity index (χ4n) is 4.18. The monoisotopic (exact) mass is 495 g/mol. The Labute approximate surface area is 208 Å². The molecular weight excluding hydrogens is 470 g/mol. The van der Waals surface area contributed by atoms with Gasteiger partial charge < -0.3 is 24.0 Å². The van der Waals surface area contributed by atoms with E-state index in [4.69, 9.17) is 21.1 Å². The van der Waals surface area contributed by atoms with Crippen LogP contribution in [0.2, 0.25) is 5.02 Å². The minimum atomic E-state index is -0.755. The van der Waals surface area contributed by atoms with E-state index in [-0.39, 0.29) is 16.4 Å². The molecule has 0 bridgehead atoms. The van der Waals surface area contributed by atoms with Crippen molar-refractivity contribution in [3.63, 3.8) is 0 Å². The molecule has 182 valence electrons. The van der Waals surface area contributed by atoms with Gasteiger partial charge in [-0.25, -0.2) is 4.98 Å². The van der Waals surface area contributed by atoms with Crippen molar-refractivity contribution in [3.05, 3.63) is 82.9 Å². The van der Waals surface area contributed by atoms with Crippen LogP contribution in [-0.4, -0.2) is 51.5 Å². The van der Waals surface area contributed by atoms with Gasteiger partial charge in [-0.1, -0.05) is 23.7 Å². The number of Topliss-reactive ketones (excluding diaryl/α,β-unsaturated/α-hetero) is 1. The van der Waals surface area contributed by atoms with Gasteiger partial charge in [0, 0.05) is 31.0 Å². The number of aliphatic hydroxyl groups is 1. The Morgan fingerprint density at radius 3 is 2.54 bits per heavy atom. The predicted octanol–water partition coefficient (Wildman–Crippen LogP) is 4.46. The van der Waals surface area contributed by atoms with Gasteiger partial charge in [0.2, 0.25) is 0 Å². The third-order valence-corrected chi connectivity index (χ3v) is 6.14. The Balaban J connectivity index is 1.73. The Hall–Kier alpha value is -3.78. The van der Waals surface area contributed by atoms with Gasteiger partial charge in [0.25, 0.3) is 11.7 Å². The van der Waals surface area contributed by atoms with E-state index in [1.807, 2.05) is 17.7 Å². The van der Waals surface area contributed by atoms with E-state index in [1.165, 1.54) is 18.1 Å². The molecule has 35 heavy (non-hydrogen) atoms. The lowest BCUT2D eigenvalue weighted by molar-refractivity contribution is -0.139. The van der Waals surface area contributed by atoms with Crippen LogP contribution >= 0.6 is 11.6 Å². The number of carbonyl (C=O) groups is 2. The second kappa shape index (κ2) is 10.7. The number of amides is 1. The van der Waals surface area contributed by atoms with Crippen LogP contribution in [0.3, 0.4) is 0 Å². The first kappa shape index (κ1) is 24.3. The lowest BCUT2D eigenvalue weighted by atomic mass is 9.95. The van der Waals surface area contributed by atoms with Gasteiger partial charge in [0.05, 0.1) is 36.7 Å². The van der Waals surface area contributed by atoms with Crippen molar-refractivity contribution in [1.82, 2.24) is 14.5 Å². The van der Waals surface area contributed by atoms with Crippen LogP contribution in [0, 0.1) is 0 Å². The number of methoxy groups -OCH3 is 1.